The normalized spacial score (nSPS) is 23.8. The highest BCUT2D eigenvalue weighted by molar-refractivity contribution is 7.92. The van der Waals surface area contributed by atoms with Crippen LogP contribution in [0.15, 0.2) is 24.3 Å². The van der Waals surface area contributed by atoms with Crippen molar-refractivity contribution in [2.45, 2.75) is 37.5 Å². The van der Waals surface area contributed by atoms with Crippen molar-refractivity contribution in [3.05, 3.63) is 29.8 Å². The maximum absolute atomic E-state index is 12.0. The smallest absolute Gasteiger partial charge is 0.156 e. The van der Waals surface area contributed by atoms with Crippen molar-refractivity contribution in [1.29, 1.82) is 0 Å². The van der Waals surface area contributed by atoms with Gasteiger partial charge in [0, 0.05) is 0 Å². The van der Waals surface area contributed by atoms with Gasteiger partial charge in [-0.25, -0.2) is 8.42 Å². The van der Waals surface area contributed by atoms with Crippen molar-refractivity contribution in [3.63, 3.8) is 0 Å². The molecule has 0 saturated carbocycles. The van der Waals surface area contributed by atoms with Crippen LogP contribution in [-0.2, 0) is 9.84 Å². The van der Waals surface area contributed by atoms with Crippen LogP contribution in [0.25, 0.3) is 0 Å². The molecule has 2 rings (SSSR count). The molecular weight excluding hydrogens is 264 g/mol. The lowest BCUT2D eigenvalue weighted by Crippen LogP contribution is -2.33. The Labute approximate surface area is 114 Å². The SMILES string of the molecule is CCOc1ccc(C(O)C2CCCCS2(=O)=O)cc1. The van der Waals surface area contributed by atoms with Gasteiger partial charge < -0.3 is 9.84 Å². The van der Waals surface area contributed by atoms with Crippen LogP contribution in [0.3, 0.4) is 0 Å². The Kier molecular flexibility index (Phi) is 4.47. The van der Waals surface area contributed by atoms with Crippen LogP contribution < -0.4 is 4.74 Å². The van der Waals surface area contributed by atoms with Gasteiger partial charge in [-0.1, -0.05) is 18.6 Å². The second kappa shape index (κ2) is 5.92. The predicted molar refractivity (Wildman–Crippen MR) is 74.0 cm³/mol. The van der Waals surface area contributed by atoms with E-state index in [1.165, 1.54) is 0 Å². The van der Waals surface area contributed by atoms with Gasteiger partial charge in [-0.05, 0) is 37.5 Å². The fourth-order valence-electron chi connectivity index (χ4n) is 2.48. The van der Waals surface area contributed by atoms with Gasteiger partial charge in [0.05, 0.1) is 23.7 Å². The molecule has 2 atom stereocenters. The molecule has 1 aliphatic heterocycles. The number of aliphatic hydroxyl groups excluding tert-OH is 1. The van der Waals surface area contributed by atoms with Crippen LogP contribution in [0.2, 0.25) is 0 Å². The number of hydrogen-bond acceptors (Lipinski definition) is 4. The van der Waals surface area contributed by atoms with Crippen molar-refractivity contribution < 1.29 is 18.3 Å². The summed E-state index contributed by atoms with van der Waals surface area (Å²) in [5, 5.41) is 9.61. The Balaban J connectivity index is 2.16. The minimum atomic E-state index is -3.17. The van der Waals surface area contributed by atoms with Crippen molar-refractivity contribution >= 4 is 9.84 Å². The molecule has 1 aromatic carbocycles. The molecule has 4 nitrogen and oxygen atoms in total. The Morgan fingerprint density at radius 2 is 2.00 bits per heavy atom. The highest BCUT2D eigenvalue weighted by Crippen LogP contribution is 2.31. The number of benzene rings is 1. The molecule has 5 heteroatoms. The van der Waals surface area contributed by atoms with Gasteiger partial charge in [0.15, 0.2) is 9.84 Å². The molecule has 19 heavy (non-hydrogen) atoms. The molecule has 0 radical (unpaired) electrons. The van der Waals surface area contributed by atoms with E-state index in [-0.39, 0.29) is 5.75 Å². The van der Waals surface area contributed by atoms with Crippen LogP contribution in [0, 0.1) is 0 Å². The molecule has 2 unspecified atom stereocenters. The minimum absolute atomic E-state index is 0.186. The maximum Gasteiger partial charge on any atom is 0.156 e. The highest BCUT2D eigenvalue weighted by Gasteiger charge is 2.35. The lowest BCUT2D eigenvalue weighted by molar-refractivity contribution is 0.164. The summed E-state index contributed by atoms with van der Waals surface area (Å²) in [4.78, 5) is 0. The number of sulfone groups is 1. The standard InChI is InChI=1S/C14H20O4S/c1-2-18-12-8-6-11(7-9-12)14(15)13-5-3-4-10-19(13,16)17/h6-9,13-15H,2-5,10H2,1H3. The molecule has 1 heterocycles. The molecule has 106 valence electrons. The average molecular weight is 284 g/mol. The van der Waals surface area contributed by atoms with Gasteiger partial charge in [-0.3, -0.25) is 0 Å². The summed E-state index contributed by atoms with van der Waals surface area (Å²) < 4.78 is 29.3. The zero-order valence-corrected chi connectivity index (χ0v) is 11.9. The fourth-order valence-corrected chi connectivity index (χ4v) is 4.46. The number of hydrogen-bond donors (Lipinski definition) is 1. The third kappa shape index (κ3) is 3.28. The van der Waals surface area contributed by atoms with E-state index >= 15 is 0 Å². The van der Waals surface area contributed by atoms with Gasteiger partial charge in [0.1, 0.15) is 5.75 Å². The Morgan fingerprint density at radius 1 is 1.32 bits per heavy atom. The number of ether oxygens (including phenoxy) is 1. The Morgan fingerprint density at radius 3 is 2.58 bits per heavy atom. The van der Waals surface area contributed by atoms with Crippen LogP contribution in [-0.4, -0.2) is 31.1 Å². The number of aliphatic hydroxyl groups is 1. The number of rotatable bonds is 4. The van der Waals surface area contributed by atoms with E-state index in [0.717, 1.165) is 12.2 Å². The molecule has 0 bridgehead atoms. The van der Waals surface area contributed by atoms with Gasteiger partial charge in [0.2, 0.25) is 0 Å². The fraction of sp³-hybridized carbons (Fsp3) is 0.571. The van der Waals surface area contributed by atoms with E-state index in [1.807, 2.05) is 6.92 Å². The van der Waals surface area contributed by atoms with E-state index in [4.69, 9.17) is 4.74 Å². The summed E-state index contributed by atoms with van der Waals surface area (Å²) in [5.74, 6) is 0.913. The van der Waals surface area contributed by atoms with Crippen molar-refractivity contribution in [2.75, 3.05) is 12.4 Å². The first-order valence-corrected chi connectivity index (χ1v) is 8.38. The molecule has 1 aromatic rings. The summed E-state index contributed by atoms with van der Waals surface area (Å²) >= 11 is 0. The summed E-state index contributed by atoms with van der Waals surface area (Å²) in [6, 6.07) is 6.99. The largest absolute Gasteiger partial charge is 0.494 e. The van der Waals surface area contributed by atoms with Crippen molar-refractivity contribution in [2.24, 2.45) is 0 Å². The Bertz CT molecular complexity index is 507. The van der Waals surface area contributed by atoms with E-state index in [0.29, 0.717) is 25.0 Å². The summed E-state index contributed by atoms with van der Waals surface area (Å²) in [6.07, 6.45) is 1.16. The molecule has 0 spiro atoms. The van der Waals surface area contributed by atoms with E-state index in [1.54, 1.807) is 24.3 Å². The lowest BCUT2D eigenvalue weighted by Gasteiger charge is -2.27. The molecule has 1 N–H and O–H groups in total. The quantitative estimate of drug-likeness (QED) is 0.919. The summed E-state index contributed by atoms with van der Waals surface area (Å²) in [7, 11) is -3.17. The molecule has 1 fully saturated rings. The Hall–Kier alpha value is -1.07. The maximum atomic E-state index is 12.0. The predicted octanol–water partition coefficient (Wildman–Crippen LogP) is 2.09. The average Bonchev–Trinajstić information content (AvgIpc) is 2.39. The zero-order chi connectivity index (χ0) is 13.9. The van der Waals surface area contributed by atoms with Crippen molar-refractivity contribution in [3.8, 4) is 5.75 Å². The second-order valence-corrected chi connectivity index (χ2v) is 7.19. The van der Waals surface area contributed by atoms with Crippen LogP contribution in [0.1, 0.15) is 37.9 Å². The minimum Gasteiger partial charge on any atom is -0.494 e. The molecule has 1 aliphatic rings. The molecular formula is C14H20O4S. The zero-order valence-electron chi connectivity index (χ0n) is 11.1. The van der Waals surface area contributed by atoms with Gasteiger partial charge in [-0.2, -0.15) is 0 Å². The second-order valence-electron chi connectivity index (χ2n) is 4.85. The van der Waals surface area contributed by atoms with Gasteiger partial charge in [-0.15, -0.1) is 0 Å². The summed E-state index contributed by atoms with van der Waals surface area (Å²) in [6.45, 7) is 2.48. The molecule has 1 saturated heterocycles. The van der Waals surface area contributed by atoms with E-state index in [2.05, 4.69) is 0 Å². The highest BCUT2D eigenvalue weighted by atomic mass is 32.2. The van der Waals surface area contributed by atoms with Gasteiger partial charge in [0.25, 0.3) is 0 Å². The summed E-state index contributed by atoms with van der Waals surface area (Å²) in [5.41, 5.74) is 0.638. The lowest BCUT2D eigenvalue weighted by atomic mass is 10.0. The third-order valence-electron chi connectivity index (χ3n) is 3.51. The monoisotopic (exact) mass is 284 g/mol. The third-order valence-corrected chi connectivity index (χ3v) is 5.79. The van der Waals surface area contributed by atoms with E-state index in [9.17, 15) is 13.5 Å². The van der Waals surface area contributed by atoms with E-state index < -0.39 is 21.2 Å². The van der Waals surface area contributed by atoms with Gasteiger partial charge >= 0.3 is 0 Å². The molecule has 0 amide bonds. The molecule has 0 aromatic heterocycles. The topological polar surface area (TPSA) is 63.6 Å². The van der Waals surface area contributed by atoms with Crippen LogP contribution in [0.5, 0.6) is 5.75 Å². The van der Waals surface area contributed by atoms with Crippen molar-refractivity contribution in [1.82, 2.24) is 0 Å². The van der Waals surface area contributed by atoms with Crippen LogP contribution >= 0.6 is 0 Å². The van der Waals surface area contributed by atoms with Crippen LogP contribution in [0.4, 0.5) is 0 Å². The first-order valence-electron chi connectivity index (χ1n) is 6.67. The first kappa shape index (κ1) is 14.3. The molecule has 0 aliphatic carbocycles. The first-order chi connectivity index (χ1) is 9.04.